The Labute approximate surface area is 82.2 Å². The van der Waals surface area contributed by atoms with Gasteiger partial charge in [-0.15, -0.1) is 0 Å². The molecule has 0 amide bonds. The van der Waals surface area contributed by atoms with Crippen LogP contribution in [-0.4, -0.2) is 21.3 Å². The van der Waals surface area contributed by atoms with E-state index in [4.69, 9.17) is 0 Å². The van der Waals surface area contributed by atoms with E-state index in [2.05, 4.69) is 6.08 Å². The molecule has 1 rings (SSSR count). The number of rotatable bonds is 0. The van der Waals surface area contributed by atoms with Crippen LogP contribution in [0.1, 0.15) is 48.5 Å². The second-order valence-corrected chi connectivity index (χ2v) is 4.18. The molecule has 2 nitrogen and oxygen atoms in total. The predicted octanol–water partition coefficient (Wildman–Crippen LogP) is 3.02. The third kappa shape index (κ3) is 2.12. The van der Waals surface area contributed by atoms with Gasteiger partial charge in [-0.25, -0.2) is 10.6 Å². The van der Waals surface area contributed by atoms with E-state index >= 15 is 0 Å². The summed E-state index contributed by atoms with van der Waals surface area (Å²) in [6.07, 6.45) is 3.23. The van der Waals surface area contributed by atoms with Gasteiger partial charge < -0.3 is 11.3 Å². The maximum Gasteiger partial charge on any atom is 0.0273 e. The van der Waals surface area contributed by atoms with Crippen molar-refractivity contribution in [3.8, 4) is 0 Å². The van der Waals surface area contributed by atoms with E-state index in [9.17, 15) is 5.21 Å². The minimum absolute atomic E-state index is 0. The zero-order chi connectivity index (χ0) is 10.9. The summed E-state index contributed by atoms with van der Waals surface area (Å²) in [5.41, 5.74) is 0.502. The molecule has 1 aliphatic rings. The minimum atomic E-state index is -0.340. The van der Waals surface area contributed by atoms with Crippen LogP contribution in [0.5, 0.6) is 0 Å². The maximum absolute atomic E-state index is 9.71. The van der Waals surface area contributed by atoms with Gasteiger partial charge in [0.25, 0.3) is 0 Å². The molecule has 0 aromatic carbocycles. The topological polar surface area (TPSA) is 23.5 Å². The van der Waals surface area contributed by atoms with Crippen molar-refractivity contribution in [1.82, 2.24) is 5.06 Å². The summed E-state index contributed by atoms with van der Waals surface area (Å²) in [5, 5.41) is 11.1. The smallest absolute Gasteiger partial charge is 0.0273 e. The first-order valence-electron chi connectivity index (χ1n) is 4.90. The van der Waals surface area contributed by atoms with Crippen molar-refractivity contribution >= 4 is 0 Å². The van der Waals surface area contributed by atoms with Crippen molar-refractivity contribution in [3.63, 3.8) is 0 Å². The van der Waals surface area contributed by atoms with Crippen molar-refractivity contribution in [2.45, 2.75) is 59.5 Å². The monoisotopic (exact) mass is 451 g/mol. The normalized spacial score (nSPS) is 23.0. The Bertz CT molecular complexity index is 209. The SMILES string of the molecule is CC.CC1=[C-]C(C)(C)N(O)C1(C)C.[Rf]. The Kier molecular flexibility index (Phi) is 4.60. The van der Waals surface area contributed by atoms with Gasteiger partial charge in [0, 0.05) is 5.54 Å². The molecule has 0 bridgehead atoms. The van der Waals surface area contributed by atoms with Crippen LogP contribution in [-0.2, 0) is 0 Å². The number of hydroxylamine groups is 2. The fourth-order valence-corrected chi connectivity index (χ4v) is 1.52. The average Bonchev–Trinajstić information content (AvgIpc) is 2.17. The molecule has 1 heterocycles. The van der Waals surface area contributed by atoms with Gasteiger partial charge >= 0.3 is 0 Å². The summed E-state index contributed by atoms with van der Waals surface area (Å²) >= 11 is 0. The molecule has 80 valence electrons. The van der Waals surface area contributed by atoms with Crippen LogP contribution in [0, 0.1) is 6.08 Å². The molecule has 0 aliphatic carbocycles. The van der Waals surface area contributed by atoms with Crippen LogP contribution < -0.4 is 0 Å². The Hall–Kier alpha value is -1.34. The summed E-state index contributed by atoms with van der Waals surface area (Å²) in [6, 6.07) is 0. The number of hydrogen-bond acceptors (Lipinski definition) is 2. The van der Waals surface area contributed by atoms with Crippen LogP contribution in [0.2, 0.25) is 0 Å². The molecule has 0 saturated heterocycles. The molecule has 0 unspecified atom stereocenters. The quantitative estimate of drug-likeness (QED) is 0.573. The molecule has 14 heavy (non-hydrogen) atoms. The van der Waals surface area contributed by atoms with Crippen LogP contribution in [0.4, 0.5) is 0 Å². The zero-order valence-electron chi connectivity index (χ0n) is 10.6. The van der Waals surface area contributed by atoms with E-state index in [1.807, 2.05) is 48.5 Å². The molecule has 0 radical (unpaired) electrons. The van der Waals surface area contributed by atoms with Gasteiger partial charge in [-0.3, -0.25) is 0 Å². The first-order chi connectivity index (χ1) is 5.78. The van der Waals surface area contributed by atoms with Gasteiger partial charge in [-0.05, 0) is 13.8 Å². The van der Waals surface area contributed by atoms with Gasteiger partial charge in [0.1, 0.15) is 0 Å². The summed E-state index contributed by atoms with van der Waals surface area (Å²) < 4.78 is 0. The average molecular weight is 451 g/mol. The van der Waals surface area contributed by atoms with E-state index in [0.717, 1.165) is 5.57 Å². The van der Waals surface area contributed by atoms with Crippen molar-refractivity contribution < 1.29 is 5.21 Å². The zero-order valence-corrected chi connectivity index (χ0v) is 17.0. The van der Waals surface area contributed by atoms with Gasteiger partial charge in [-0.1, -0.05) is 40.2 Å². The molecule has 1 N–H and O–H groups in total. The first kappa shape index (κ1) is 15.1. The van der Waals surface area contributed by atoms with E-state index in [-0.39, 0.29) is 11.1 Å². The number of nitrogens with zero attached hydrogens (tertiary/aromatic N) is 1. The molecule has 0 aromatic rings. The van der Waals surface area contributed by atoms with E-state index in [1.165, 1.54) is 5.06 Å². The molecule has 3 heteroatoms. The second kappa shape index (κ2) is 4.25. The van der Waals surface area contributed by atoms with Crippen molar-refractivity contribution in [3.05, 3.63) is 11.6 Å². The summed E-state index contributed by atoms with van der Waals surface area (Å²) in [7, 11) is 0. The standard InChI is InChI=1S/C9H16NO.C2H6.Rf/c1-7-6-8(2,3)10(11)9(7,4)5;1-2;/h11H,1-5H3;1-2H3;/q-1;;. The minimum Gasteiger partial charge on any atom is -0.473 e. The van der Waals surface area contributed by atoms with Crippen molar-refractivity contribution in [2.24, 2.45) is 0 Å². The predicted molar refractivity (Wildman–Crippen MR) is 55.6 cm³/mol. The van der Waals surface area contributed by atoms with Gasteiger partial charge in [-0.2, -0.15) is 0 Å². The van der Waals surface area contributed by atoms with Crippen LogP contribution in [0.15, 0.2) is 5.57 Å². The van der Waals surface area contributed by atoms with Gasteiger partial charge in [0.05, 0.1) is 0 Å². The molecule has 0 aromatic heterocycles. The Balaban J connectivity index is 0. The fraction of sp³-hybridized carbons (Fsp3) is 0.818. The third-order valence-corrected chi connectivity index (χ3v) is 2.47. The van der Waals surface area contributed by atoms with Crippen LogP contribution in [0.3, 0.4) is 0 Å². The molecule has 0 atom stereocenters. The van der Waals surface area contributed by atoms with Crippen LogP contribution in [0.25, 0.3) is 0 Å². The molecule has 0 fully saturated rings. The van der Waals surface area contributed by atoms with Gasteiger partial charge in [0.15, 0.2) is 0 Å². The summed E-state index contributed by atoms with van der Waals surface area (Å²) in [6.45, 7) is 13.9. The summed E-state index contributed by atoms with van der Waals surface area (Å²) in [5.74, 6) is 0. The first-order valence-corrected chi connectivity index (χ1v) is 4.90. The largest absolute Gasteiger partial charge is 0.473 e. The Morgan fingerprint density at radius 1 is 1.14 bits per heavy atom. The third-order valence-electron chi connectivity index (χ3n) is 2.47. The maximum atomic E-state index is 9.71. The van der Waals surface area contributed by atoms with E-state index in [0.29, 0.717) is 0 Å². The molecular weight excluding hydrogens is 429 g/mol. The van der Waals surface area contributed by atoms with Gasteiger partial charge in [0.2, 0.25) is 0 Å². The second-order valence-electron chi connectivity index (χ2n) is 4.18. The van der Waals surface area contributed by atoms with E-state index < -0.39 is 0 Å². The molecule has 1 aliphatic heterocycles. The molecule has 0 spiro atoms. The van der Waals surface area contributed by atoms with Crippen LogP contribution >= 0.6 is 0 Å². The fourth-order valence-electron chi connectivity index (χ4n) is 1.52. The summed E-state index contributed by atoms with van der Waals surface area (Å²) in [4.78, 5) is 0. The Morgan fingerprint density at radius 3 is 1.57 bits per heavy atom. The van der Waals surface area contributed by atoms with Crippen molar-refractivity contribution in [2.75, 3.05) is 0 Å². The molecule has 0 saturated carbocycles. The Morgan fingerprint density at radius 2 is 1.50 bits per heavy atom. The number of hydrogen-bond donors (Lipinski definition) is 1. The van der Waals surface area contributed by atoms with Crippen molar-refractivity contribution in [1.29, 1.82) is 0 Å². The van der Waals surface area contributed by atoms with E-state index in [1.54, 1.807) is 0 Å². The molecular formula is C11H22NORf-.